The van der Waals surface area contributed by atoms with Crippen molar-refractivity contribution in [2.45, 2.75) is 70.6 Å². The zero-order valence-corrected chi connectivity index (χ0v) is 23.7. The van der Waals surface area contributed by atoms with Gasteiger partial charge in [-0.05, 0) is 87.9 Å². The lowest BCUT2D eigenvalue weighted by Gasteiger charge is -2.34. The van der Waals surface area contributed by atoms with Gasteiger partial charge in [-0.3, -0.25) is 14.4 Å². The minimum atomic E-state index is -1.12. The summed E-state index contributed by atoms with van der Waals surface area (Å²) in [7, 11) is 0. The van der Waals surface area contributed by atoms with Crippen LogP contribution < -0.4 is 15.4 Å². The molecule has 3 amide bonds. The number of hydrogen-bond donors (Lipinski definition) is 3. The molecular formula is C31H39N3O6. The lowest BCUT2D eigenvalue weighted by atomic mass is 9.65. The molecule has 5 rings (SSSR count). The predicted molar refractivity (Wildman–Crippen MR) is 151 cm³/mol. The molecule has 3 heterocycles. The first-order valence-corrected chi connectivity index (χ1v) is 14.2. The number of amides is 3. The molecule has 9 heteroatoms. The Bertz CT molecular complexity index is 1300. The Hall–Kier alpha value is -3.43. The number of benzene rings is 2. The molecule has 3 aliphatic heterocycles. The summed E-state index contributed by atoms with van der Waals surface area (Å²) in [4.78, 5) is 43.5. The van der Waals surface area contributed by atoms with Gasteiger partial charge in [0.2, 0.25) is 17.7 Å². The van der Waals surface area contributed by atoms with Gasteiger partial charge >= 0.3 is 0 Å². The number of nitrogens with zero attached hydrogens (tertiary/aromatic N) is 1. The van der Waals surface area contributed by atoms with Crippen LogP contribution in [-0.4, -0.2) is 64.7 Å². The van der Waals surface area contributed by atoms with E-state index in [0.29, 0.717) is 49.4 Å². The lowest BCUT2D eigenvalue weighted by Crippen LogP contribution is -2.53. The molecule has 2 unspecified atom stereocenters. The van der Waals surface area contributed by atoms with E-state index in [1.165, 1.54) is 4.90 Å². The van der Waals surface area contributed by atoms with E-state index in [-0.39, 0.29) is 30.9 Å². The molecule has 2 bridgehead atoms. The third-order valence-corrected chi connectivity index (χ3v) is 8.85. The van der Waals surface area contributed by atoms with E-state index in [2.05, 4.69) is 10.6 Å². The van der Waals surface area contributed by atoms with Gasteiger partial charge < -0.3 is 30.1 Å². The highest BCUT2D eigenvalue weighted by Crippen LogP contribution is 2.64. The Labute approximate surface area is 235 Å². The summed E-state index contributed by atoms with van der Waals surface area (Å²) in [6.07, 6.45) is 1.95. The maximum Gasteiger partial charge on any atom is 0.250 e. The summed E-state index contributed by atoms with van der Waals surface area (Å²) in [5.41, 5.74) is 1.24. The van der Waals surface area contributed by atoms with Crippen LogP contribution in [0.4, 0.5) is 11.4 Å². The van der Waals surface area contributed by atoms with Crippen LogP contribution in [0.25, 0.3) is 0 Å². The van der Waals surface area contributed by atoms with Crippen LogP contribution >= 0.6 is 0 Å². The van der Waals surface area contributed by atoms with E-state index in [1.807, 2.05) is 45.9 Å². The highest BCUT2D eigenvalue weighted by molar-refractivity contribution is 6.05. The van der Waals surface area contributed by atoms with Gasteiger partial charge in [0.1, 0.15) is 17.4 Å². The average Bonchev–Trinajstić information content (AvgIpc) is 3.54. The Balaban J connectivity index is 1.48. The monoisotopic (exact) mass is 549 g/mol. The topological polar surface area (TPSA) is 117 Å². The standard InChI is InChI=1S/C31H39N3O6/c1-5-30-14-15-31(40-30)25(24(30)27(36)32-21-10-12-22(13-11-21)39-6-2)29(38)34(16-7-17-35)26(31)28(37)33-23-18-19(3)8-9-20(23)4/h8-13,18,24-26,35H,5-7,14-17H2,1-4H3,(H,32,36)(H,33,37)/t24-,25+,26?,30+,31?/m1/s1. The van der Waals surface area contributed by atoms with Crippen molar-refractivity contribution in [2.24, 2.45) is 11.8 Å². The number of likely N-dealkylation sites (tertiary alicyclic amines) is 1. The largest absolute Gasteiger partial charge is 0.494 e. The summed E-state index contributed by atoms with van der Waals surface area (Å²) in [5.74, 6) is -1.73. The van der Waals surface area contributed by atoms with Crippen molar-refractivity contribution in [3.05, 3.63) is 53.6 Å². The van der Waals surface area contributed by atoms with E-state index in [0.717, 1.165) is 11.1 Å². The molecule has 5 atom stereocenters. The van der Waals surface area contributed by atoms with Crippen molar-refractivity contribution in [3.63, 3.8) is 0 Å². The van der Waals surface area contributed by atoms with Gasteiger partial charge in [-0.1, -0.05) is 19.1 Å². The zero-order chi connectivity index (χ0) is 28.7. The Morgan fingerprint density at radius 3 is 2.50 bits per heavy atom. The van der Waals surface area contributed by atoms with Crippen LogP contribution in [0.2, 0.25) is 0 Å². The van der Waals surface area contributed by atoms with Crippen molar-refractivity contribution in [1.29, 1.82) is 0 Å². The van der Waals surface area contributed by atoms with E-state index in [1.54, 1.807) is 24.3 Å². The van der Waals surface area contributed by atoms with Crippen LogP contribution in [0.15, 0.2) is 42.5 Å². The second-order valence-electron chi connectivity index (χ2n) is 11.2. The first-order valence-electron chi connectivity index (χ1n) is 14.2. The summed E-state index contributed by atoms with van der Waals surface area (Å²) in [6, 6.07) is 12.0. The number of rotatable bonds is 10. The molecule has 214 valence electrons. The number of aliphatic hydroxyl groups is 1. The second-order valence-corrected chi connectivity index (χ2v) is 11.2. The molecule has 0 aromatic heterocycles. The molecule has 2 aromatic rings. The number of ether oxygens (including phenoxy) is 2. The molecule has 0 aliphatic carbocycles. The second kappa shape index (κ2) is 10.9. The third kappa shape index (κ3) is 4.55. The Morgan fingerprint density at radius 2 is 1.82 bits per heavy atom. The normalized spacial score (nSPS) is 28.5. The fourth-order valence-electron chi connectivity index (χ4n) is 6.99. The fourth-order valence-corrected chi connectivity index (χ4v) is 6.99. The summed E-state index contributed by atoms with van der Waals surface area (Å²) in [5, 5.41) is 15.6. The number of carbonyl (C=O) groups excluding carboxylic acids is 3. The summed E-state index contributed by atoms with van der Waals surface area (Å²) >= 11 is 0. The number of carbonyl (C=O) groups is 3. The smallest absolute Gasteiger partial charge is 0.250 e. The summed E-state index contributed by atoms with van der Waals surface area (Å²) in [6.45, 7) is 8.38. The molecule has 3 aliphatic rings. The number of nitrogens with one attached hydrogen (secondary N) is 2. The highest BCUT2D eigenvalue weighted by atomic mass is 16.5. The number of fused-ring (bicyclic) bond motifs is 1. The quantitative estimate of drug-likeness (QED) is 0.415. The predicted octanol–water partition coefficient (Wildman–Crippen LogP) is 3.82. The highest BCUT2D eigenvalue weighted by Gasteiger charge is 2.78. The van der Waals surface area contributed by atoms with Crippen LogP contribution in [0.1, 0.15) is 50.7 Å². The molecule has 2 aromatic carbocycles. The fraction of sp³-hybridized carbons (Fsp3) is 0.516. The zero-order valence-electron chi connectivity index (χ0n) is 23.7. The number of aryl methyl sites for hydroxylation is 2. The number of hydrogen-bond acceptors (Lipinski definition) is 6. The number of anilines is 2. The SMILES string of the molecule is CCOc1ccc(NC(=O)[C@H]2[C@H]3C(=O)N(CCCO)C(C(=O)Nc4cc(C)ccc4C)C34CC[C@]2(CC)O4)cc1. The van der Waals surface area contributed by atoms with Crippen molar-refractivity contribution in [1.82, 2.24) is 4.90 Å². The molecule has 3 N–H and O–H groups in total. The van der Waals surface area contributed by atoms with Crippen molar-refractivity contribution >= 4 is 29.1 Å². The van der Waals surface area contributed by atoms with Crippen LogP contribution in [-0.2, 0) is 19.1 Å². The van der Waals surface area contributed by atoms with Gasteiger partial charge in [0.05, 0.1) is 24.0 Å². The minimum Gasteiger partial charge on any atom is -0.494 e. The Kier molecular flexibility index (Phi) is 7.63. The van der Waals surface area contributed by atoms with Crippen molar-refractivity contribution in [2.75, 3.05) is 30.4 Å². The van der Waals surface area contributed by atoms with Crippen LogP contribution in [0.5, 0.6) is 5.75 Å². The van der Waals surface area contributed by atoms with Gasteiger partial charge in [-0.15, -0.1) is 0 Å². The van der Waals surface area contributed by atoms with E-state index >= 15 is 0 Å². The maximum absolute atomic E-state index is 14.1. The van der Waals surface area contributed by atoms with Gasteiger partial charge in [0.25, 0.3) is 0 Å². The van der Waals surface area contributed by atoms with Gasteiger partial charge in [-0.25, -0.2) is 0 Å². The molecule has 0 saturated carbocycles. The van der Waals surface area contributed by atoms with Gasteiger partial charge in [0.15, 0.2) is 0 Å². The molecule has 3 fully saturated rings. The first-order chi connectivity index (χ1) is 19.2. The molecule has 3 saturated heterocycles. The number of aliphatic hydroxyl groups excluding tert-OH is 1. The molecule has 1 spiro atoms. The van der Waals surface area contributed by atoms with Crippen LogP contribution in [0.3, 0.4) is 0 Å². The van der Waals surface area contributed by atoms with E-state index in [4.69, 9.17) is 9.47 Å². The van der Waals surface area contributed by atoms with Gasteiger partial charge in [0, 0.05) is 24.5 Å². The van der Waals surface area contributed by atoms with E-state index < -0.39 is 29.1 Å². The molecule has 9 nitrogen and oxygen atoms in total. The third-order valence-electron chi connectivity index (χ3n) is 8.85. The lowest BCUT2D eigenvalue weighted by molar-refractivity contribution is -0.144. The average molecular weight is 550 g/mol. The maximum atomic E-state index is 14.1. The Morgan fingerprint density at radius 1 is 1.07 bits per heavy atom. The summed E-state index contributed by atoms with van der Waals surface area (Å²) < 4.78 is 12.3. The minimum absolute atomic E-state index is 0.117. The van der Waals surface area contributed by atoms with Gasteiger partial charge in [-0.2, -0.15) is 0 Å². The molecule has 40 heavy (non-hydrogen) atoms. The molecular weight excluding hydrogens is 510 g/mol. The first kappa shape index (κ1) is 28.1. The van der Waals surface area contributed by atoms with Crippen molar-refractivity contribution < 1.29 is 29.0 Å². The van der Waals surface area contributed by atoms with Crippen molar-refractivity contribution in [3.8, 4) is 5.75 Å². The molecule has 0 radical (unpaired) electrons. The van der Waals surface area contributed by atoms with Crippen LogP contribution in [0, 0.1) is 25.7 Å². The van der Waals surface area contributed by atoms with E-state index in [9.17, 15) is 19.5 Å².